The predicted octanol–water partition coefficient (Wildman–Crippen LogP) is 3.58. The molecular weight excluding hydrogens is 280 g/mol. The maximum Gasteiger partial charge on any atom is 0.129 e. The fourth-order valence-corrected chi connectivity index (χ4v) is 3.87. The van der Waals surface area contributed by atoms with Crippen molar-refractivity contribution in [2.75, 3.05) is 7.05 Å². The molecule has 1 aliphatic rings. The maximum atomic E-state index is 12.6. The van der Waals surface area contributed by atoms with E-state index in [4.69, 9.17) is 11.6 Å². The van der Waals surface area contributed by atoms with E-state index in [2.05, 4.69) is 4.98 Å². The summed E-state index contributed by atoms with van der Waals surface area (Å²) in [4.78, 5) is 4.03. The van der Waals surface area contributed by atoms with Crippen LogP contribution in [-0.4, -0.2) is 25.3 Å². The average Bonchev–Trinajstić information content (AvgIpc) is 3.11. The highest BCUT2D eigenvalue weighted by Crippen LogP contribution is 2.45. The van der Waals surface area contributed by atoms with E-state index in [1.165, 1.54) is 12.8 Å². The molecule has 1 aromatic rings. The van der Waals surface area contributed by atoms with Gasteiger partial charge in [-0.2, -0.15) is 0 Å². The van der Waals surface area contributed by atoms with Gasteiger partial charge in [0.05, 0.1) is 10.8 Å². The summed E-state index contributed by atoms with van der Waals surface area (Å²) in [5.41, 5.74) is 1.11. The Morgan fingerprint density at radius 1 is 1.47 bits per heavy atom. The topological polar surface area (TPSA) is 33.2 Å². The van der Waals surface area contributed by atoms with E-state index in [1.807, 2.05) is 44.3 Å². The Labute approximate surface area is 123 Å². The number of hydrogen-bond donors (Lipinski definition) is 0. The molecule has 5 heteroatoms. The third-order valence-corrected chi connectivity index (χ3v) is 5.34. The summed E-state index contributed by atoms with van der Waals surface area (Å²) in [6.45, 7) is 6.01. The number of nitrogens with zero attached hydrogens (tertiary/aromatic N) is 2. The molecule has 2 atom stereocenters. The lowest BCUT2D eigenvalue weighted by Gasteiger charge is -2.32. The zero-order valence-electron chi connectivity index (χ0n) is 11.9. The quantitative estimate of drug-likeness (QED) is 0.796. The van der Waals surface area contributed by atoms with Crippen molar-refractivity contribution in [3.05, 3.63) is 29.0 Å². The Morgan fingerprint density at radius 3 is 2.58 bits per heavy atom. The van der Waals surface area contributed by atoms with Gasteiger partial charge in [-0.3, -0.25) is 0 Å². The van der Waals surface area contributed by atoms with Crippen LogP contribution in [0.5, 0.6) is 0 Å². The van der Waals surface area contributed by atoms with E-state index in [9.17, 15) is 4.21 Å². The molecule has 0 spiro atoms. The van der Waals surface area contributed by atoms with Gasteiger partial charge in [0.15, 0.2) is 0 Å². The number of rotatable bonds is 4. The molecule has 106 valence electrons. The van der Waals surface area contributed by atoms with Crippen LogP contribution in [0.15, 0.2) is 18.3 Å². The van der Waals surface area contributed by atoms with Crippen LogP contribution in [0.2, 0.25) is 5.15 Å². The number of pyridine rings is 1. The fraction of sp³-hybridized carbons (Fsp3) is 0.643. The van der Waals surface area contributed by atoms with Crippen molar-refractivity contribution >= 4 is 22.6 Å². The first-order valence-electron chi connectivity index (χ1n) is 6.57. The maximum absolute atomic E-state index is 12.6. The molecule has 0 bridgehead atoms. The molecule has 1 heterocycles. The minimum absolute atomic E-state index is 0.167. The average molecular weight is 301 g/mol. The van der Waals surface area contributed by atoms with Crippen LogP contribution < -0.4 is 0 Å². The van der Waals surface area contributed by atoms with Gasteiger partial charge in [0, 0.05) is 13.2 Å². The highest BCUT2D eigenvalue weighted by Gasteiger charge is 2.39. The zero-order chi connectivity index (χ0) is 14.2. The smallest absolute Gasteiger partial charge is 0.129 e. The first kappa shape index (κ1) is 14.9. The van der Waals surface area contributed by atoms with Crippen molar-refractivity contribution in [1.29, 1.82) is 0 Å². The Hall–Kier alpha value is -0.450. The molecule has 0 radical (unpaired) electrons. The molecule has 1 aromatic heterocycles. The molecule has 3 nitrogen and oxygen atoms in total. The molecule has 0 N–H and O–H groups in total. The van der Waals surface area contributed by atoms with Crippen LogP contribution in [-0.2, 0) is 11.0 Å². The monoisotopic (exact) mass is 300 g/mol. The molecule has 0 amide bonds. The predicted molar refractivity (Wildman–Crippen MR) is 80.4 cm³/mol. The van der Waals surface area contributed by atoms with Crippen LogP contribution in [0.4, 0.5) is 0 Å². The Morgan fingerprint density at radius 2 is 2.11 bits per heavy atom. The largest absolute Gasteiger partial charge is 0.245 e. The Balaban J connectivity index is 2.28. The van der Waals surface area contributed by atoms with Crippen LogP contribution in [0, 0.1) is 5.92 Å². The van der Waals surface area contributed by atoms with Gasteiger partial charge in [0.2, 0.25) is 0 Å². The van der Waals surface area contributed by atoms with Crippen molar-refractivity contribution in [1.82, 2.24) is 9.29 Å². The molecule has 0 aliphatic heterocycles. The molecular formula is C14H21ClN2OS. The zero-order valence-corrected chi connectivity index (χ0v) is 13.5. The number of hydrogen-bond acceptors (Lipinski definition) is 2. The molecule has 2 rings (SSSR count). The van der Waals surface area contributed by atoms with Crippen molar-refractivity contribution in [2.45, 2.75) is 44.4 Å². The molecule has 0 aromatic carbocycles. The minimum atomic E-state index is -1.03. The molecule has 1 saturated carbocycles. The fourth-order valence-electron chi connectivity index (χ4n) is 2.33. The molecule has 1 fully saturated rings. The third kappa shape index (κ3) is 3.56. The van der Waals surface area contributed by atoms with E-state index >= 15 is 0 Å². The van der Waals surface area contributed by atoms with Crippen LogP contribution >= 0.6 is 11.6 Å². The lowest BCUT2D eigenvalue weighted by molar-refractivity contribution is 0.354. The summed E-state index contributed by atoms with van der Waals surface area (Å²) in [5.74, 6) is 0.578. The van der Waals surface area contributed by atoms with Crippen LogP contribution in [0.1, 0.15) is 45.2 Å². The number of aromatic nitrogens is 1. The van der Waals surface area contributed by atoms with E-state index in [1.54, 1.807) is 6.20 Å². The van der Waals surface area contributed by atoms with Crippen molar-refractivity contribution in [3.8, 4) is 0 Å². The van der Waals surface area contributed by atoms with Crippen molar-refractivity contribution in [3.63, 3.8) is 0 Å². The molecule has 19 heavy (non-hydrogen) atoms. The lowest BCUT2D eigenvalue weighted by atomic mass is 10.0. The number of halogens is 1. The lowest BCUT2D eigenvalue weighted by Crippen LogP contribution is -2.38. The SMILES string of the molecule is CN(C(c1ccnc(Cl)c1)C1CC1)S(=O)C(C)(C)C. The Bertz CT molecular complexity index is 483. The summed E-state index contributed by atoms with van der Waals surface area (Å²) < 4.78 is 14.3. The second-order valence-electron chi connectivity index (χ2n) is 6.10. The van der Waals surface area contributed by atoms with Gasteiger partial charge in [-0.1, -0.05) is 11.6 Å². The van der Waals surface area contributed by atoms with Gasteiger partial charge in [0.1, 0.15) is 16.1 Å². The summed E-state index contributed by atoms with van der Waals surface area (Å²) >= 11 is 5.98. The van der Waals surface area contributed by atoms with E-state index in [-0.39, 0.29) is 10.8 Å². The first-order chi connectivity index (χ1) is 8.80. The van der Waals surface area contributed by atoms with Gasteiger partial charge in [-0.15, -0.1) is 0 Å². The summed E-state index contributed by atoms with van der Waals surface area (Å²) in [6, 6.07) is 4.03. The van der Waals surface area contributed by atoms with Gasteiger partial charge in [-0.05, 0) is 57.2 Å². The Kier molecular flexibility index (Phi) is 4.33. The van der Waals surface area contributed by atoms with Gasteiger partial charge in [-0.25, -0.2) is 13.5 Å². The highest BCUT2D eigenvalue weighted by atomic mass is 35.5. The minimum Gasteiger partial charge on any atom is -0.245 e. The first-order valence-corrected chi connectivity index (χ1v) is 8.05. The van der Waals surface area contributed by atoms with Crippen molar-refractivity contribution in [2.24, 2.45) is 5.92 Å². The molecule has 0 saturated heterocycles. The van der Waals surface area contributed by atoms with Gasteiger partial charge < -0.3 is 0 Å². The van der Waals surface area contributed by atoms with E-state index in [0.29, 0.717) is 11.1 Å². The molecule has 1 aliphatic carbocycles. The van der Waals surface area contributed by atoms with E-state index < -0.39 is 11.0 Å². The van der Waals surface area contributed by atoms with Crippen LogP contribution in [0.3, 0.4) is 0 Å². The van der Waals surface area contributed by atoms with Gasteiger partial charge in [0.25, 0.3) is 0 Å². The second kappa shape index (κ2) is 5.51. The molecule has 2 unspecified atom stereocenters. The summed E-state index contributed by atoms with van der Waals surface area (Å²) in [5, 5.41) is 0.498. The second-order valence-corrected chi connectivity index (χ2v) is 8.79. The van der Waals surface area contributed by atoms with Crippen molar-refractivity contribution < 1.29 is 4.21 Å². The van der Waals surface area contributed by atoms with Crippen LogP contribution in [0.25, 0.3) is 0 Å². The normalized spacial score (nSPS) is 19.5. The van der Waals surface area contributed by atoms with Gasteiger partial charge >= 0.3 is 0 Å². The summed E-state index contributed by atoms with van der Waals surface area (Å²) in [7, 11) is 0.913. The third-order valence-electron chi connectivity index (χ3n) is 3.34. The highest BCUT2D eigenvalue weighted by molar-refractivity contribution is 7.84. The standard InChI is InChI=1S/C14H21ClN2OS/c1-14(2,3)19(18)17(4)13(10-5-6-10)11-7-8-16-12(15)9-11/h7-10,13H,5-6H2,1-4H3. The summed E-state index contributed by atoms with van der Waals surface area (Å²) in [6.07, 6.45) is 4.10. The van der Waals surface area contributed by atoms with E-state index in [0.717, 1.165) is 5.56 Å².